The van der Waals surface area contributed by atoms with Crippen LogP contribution < -0.4 is 10.6 Å². The summed E-state index contributed by atoms with van der Waals surface area (Å²) in [6, 6.07) is 8.02. The quantitative estimate of drug-likeness (QED) is 0.831. The number of carbonyl (C=O) groups is 1. The number of halogens is 1. The molecule has 23 heavy (non-hydrogen) atoms. The van der Waals surface area contributed by atoms with Crippen molar-refractivity contribution in [3.8, 4) is 0 Å². The van der Waals surface area contributed by atoms with Gasteiger partial charge in [0.25, 0.3) is 5.91 Å². The maximum absolute atomic E-state index is 12.7. The van der Waals surface area contributed by atoms with Gasteiger partial charge in [-0.2, -0.15) is 0 Å². The van der Waals surface area contributed by atoms with E-state index in [9.17, 15) is 4.79 Å². The molecule has 1 aromatic heterocycles. The largest absolute Gasteiger partial charge is 0.348 e. The molecule has 1 aliphatic heterocycles. The van der Waals surface area contributed by atoms with E-state index in [-0.39, 0.29) is 23.0 Å². The second kappa shape index (κ2) is 5.76. The summed E-state index contributed by atoms with van der Waals surface area (Å²) in [5.41, 5.74) is 0.00725. The number of benzene rings is 1. The van der Waals surface area contributed by atoms with E-state index in [1.165, 1.54) is 11.3 Å². The van der Waals surface area contributed by atoms with Crippen LogP contribution in [0, 0.1) is 0 Å². The van der Waals surface area contributed by atoms with E-state index in [2.05, 4.69) is 38.3 Å². The van der Waals surface area contributed by atoms with Crippen molar-refractivity contribution in [1.82, 2.24) is 10.6 Å². The minimum Gasteiger partial charge on any atom is -0.348 e. The standard InChI is InChI=1S/C18H23ClN2OS/c1-17(2)9-11(10-18(3,4)21-17)20-16(22)15-14(19)12-7-5-6-8-13(12)23-15/h5-8,11,21H,9-10H2,1-4H3,(H,20,22). The van der Waals surface area contributed by atoms with Gasteiger partial charge in [0, 0.05) is 27.2 Å². The van der Waals surface area contributed by atoms with Gasteiger partial charge in [-0.05, 0) is 46.6 Å². The Morgan fingerprint density at radius 1 is 1.22 bits per heavy atom. The van der Waals surface area contributed by atoms with Crippen molar-refractivity contribution < 1.29 is 4.79 Å². The lowest BCUT2D eigenvalue weighted by Crippen LogP contribution is -2.62. The van der Waals surface area contributed by atoms with Gasteiger partial charge in [0.2, 0.25) is 0 Å². The smallest absolute Gasteiger partial charge is 0.263 e. The summed E-state index contributed by atoms with van der Waals surface area (Å²) in [6.07, 6.45) is 1.81. The molecule has 1 aliphatic rings. The van der Waals surface area contributed by atoms with Gasteiger partial charge in [0.05, 0.1) is 5.02 Å². The second-order valence-electron chi connectivity index (χ2n) is 7.71. The third-order valence-electron chi connectivity index (χ3n) is 4.27. The number of hydrogen-bond donors (Lipinski definition) is 2. The molecule has 0 bridgehead atoms. The van der Waals surface area contributed by atoms with E-state index >= 15 is 0 Å². The van der Waals surface area contributed by atoms with Crippen LogP contribution in [-0.4, -0.2) is 23.0 Å². The van der Waals surface area contributed by atoms with Gasteiger partial charge >= 0.3 is 0 Å². The van der Waals surface area contributed by atoms with Gasteiger partial charge in [-0.1, -0.05) is 29.8 Å². The molecule has 0 atom stereocenters. The highest BCUT2D eigenvalue weighted by Crippen LogP contribution is 2.35. The van der Waals surface area contributed by atoms with Gasteiger partial charge in [-0.15, -0.1) is 11.3 Å². The molecule has 124 valence electrons. The Balaban J connectivity index is 1.82. The molecule has 5 heteroatoms. The highest BCUT2D eigenvalue weighted by Gasteiger charge is 2.38. The summed E-state index contributed by atoms with van der Waals surface area (Å²) in [4.78, 5) is 13.3. The monoisotopic (exact) mass is 350 g/mol. The average Bonchev–Trinajstić information content (AvgIpc) is 2.73. The Morgan fingerprint density at radius 3 is 2.43 bits per heavy atom. The van der Waals surface area contributed by atoms with E-state index in [0.29, 0.717) is 9.90 Å². The molecule has 0 saturated carbocycles. The van der Waals surface area contributed by atoms with Gasteiger partial charge in [-0.3, -0.25) is 4.79 Å². The normalized spacial score (nSPS) is 20.6. The summed E-state index contributed by atoms with van der Waals surface area (Å²) in [7, 11) is 0. The zero-order chi connectivity index (χ0) is 16.8. The Morgan fingerprint density at radius 2 is 1.83 bits per heavy atom. The van der Waals surface area contributed by atoms with E-state index in [4.69, 9.17) is 11.6 Å². The van der Waals surface area contributed by atoms with Crippen LogP contribution in [-0.2, 0) is 0 Å². The molecular formula is C18H23ClN2OS. The highest BCUT2D eigenvalue weighted by molar-refractivity contribution is 7.21. The Kier molecular flexibility index (Phi) is 4.20. The first-order valence-corrected chi connectivity index (χ1v) is 9.14. The van der Waals surface area contributed by atoms with Crippen molar-refractivity contribution in [3.63, 3.8) is 0 Å². The number of rotatable bonds is 2. The molecule has 1 fully saturated rings. The van der Waals surface area contributed by atoms with Crippen molar-refractivity contribution in [3.05, 3.63) is 34.2 Å². The number of amides is 1. The van der Waals surface area contributed by atoms with Crippen LogP contribution in [0.15, 0.2) is 24.3 Å². The molecule has 0 spiro atoms. The van der Waals surface area contributed by atoms with E-state index in [1.54, 1.807) is 0 Å². The first kappa shape index (κ1) is 16.7. The van der Waals surface area contributed by atoms with Gasteiger partial charge in [0.15, 0.2) is 0 Å². The summed E-state index contributed by atoms with van der Waals surface area (Å²) in [6.45, 7) is 8.72. The minimum absolute atomic E-state index is 0.00363. The molecule has 2 heterocycles. The fourth-order valence-corrected chi connectivity index (χ4v) is 5.26. The van der Waals surface area contributed by atoms with Crippen molar-refractivity contribution in [2.75, 3.05) is 0 Å². The fourth-order valence-electron chi connectivity index (χ4n) is 3.84. The minimum atomic E-state index is -0.0605. The van der Waals surface area contributed by atoms with Crippen molar-refractivity contribution in [1.29, 1.82) is 0 Å². The van der Waals surface area contributed by atoms with Gasteiger partial charge in [0.1, 0.15) is 4.88 Å². The Hall–Kier alpha value is -1.10. The number of nitrogens with one attached hydrogen (secondary N) is 2. The van der Waals surface area contributed by atoms with Crippen LogP contribution in [0.3, 0.4) is 0 Å². The molecular weight excluding hydrogens is 328 g/mol. The SMILES string of the molecule is CC1(C)CC(NC(=O)c2sc3ccccc3c2Cl)CC(C)(C)N1. The molecule has 0 aliphatic carbocycles. The Bertz CT molecular complexity index is 735. The van der Waals surface area contributed by atoms with Crippen LogP contribution in [0.2, 0.25) is 5.02 Å². The number of fused-ring (bicyclic) bond motifs is 1. The van der Waals surface area contributed by atoms with Crippen LogP contribution in [0.5, 0.6) is 0 Å². The highest BCUT2D eigenvalue weighted by atomic mass is 35.5. The predicted octanol–water partition coefficient (Wildman–Crippen LogP) is 4.59. The molecule has 1 amide bonds. The van der Waals surface area contributed by atoms with Crippen molar-refractivity contribution >= 4 is 38.9 Å². The zero-order valence-electron chi connectivity index (χ0n) is 14.0. The Labute approximate surface area is 146 Å². The molecule has 0 unspecified atom stereocenters. The molecule has 2 N–H and O–H groups in total. The fraction of sp³-hybridized carbons (Fsp3) is 0.500. The summed E-state index contributed by atoms with van der Waals surface area (Å²) in [5, 5.41) is 8.35. The number of piperidine rings is 1. The summed E-state index contributed by atoms with van der Waals surface area (Å²) in [5.74, 6) is -0.0605. The maximum Gasteiger partial charge on any atom is 0.263 e. The van der Waals surface area contributed by atoms with Crippen molar-refractivity contribution in [2.24, 2.45) is 0 Å². The van der Waals surface area contributed by atoms with Gasteiger partial charge < -0.3 is 10.6 Å². The number of hydrogen-bond acceptors (Lipinski definition) is 3. The summed E-state index contributed by atoms with van der Waals surface area (Å²) >= 11 is 7.88. The first-order valence-electron chi connectivity index (χ1n) is 7.94. The van der Waals surface area contributed by atoms with E-state index in [1.807, 2.05) is 24.3 Å². The lowest BCUT2D eigenvalue weighted by molar-refractivity contribution is 0.0877. The summed E-state index contributed by atoms with van der Waals surface area (Å²) < 4.78 is 1.05. The zero-order valence-corrected chi connectivity index (χ0v) is 15.6. The third-order valence-corrected chi connectivity index (χ3v) is 5.94. The van der Waals surface area contributed by atoms with Crippen LogP contribution >= 0.6 is 22.9 Å². The maximum atomic E-state index is 12.7. The molecule has 1 saturated heterocycles. The molecule has 1 aromatic carbocycles. The van der Waals surface area contributed by atoms with Crippen LogP contribution in [0.25, 0.3) is 10.1 Å². The molecule has 2 aromatic rings. The second-order valence-corrected chi connectivity index (χ2v) is 9.14. The van der Waals surface area contributed by atoms with Crippen molar-refractivity contribution in [2.45, 2.75) is 57.7 Å². The lowest BCUT2D eigenvalue weighted by atomic mass is 9.79. The van der Waals surface area contributed by atoms with Crippen LogP contribution in [0.4, 0.5) is 0 Å². The topological polar surface area (TPSA) is 41.1 Å². The third kappa shape index (κ3) is 3.54. The number of thiophene rings is 1. The average molecular weight is 351 g/mol. The van der Waals surface area contributed by atoms with Gasteiger partial charge in [-0.25, -0.2) is 0 Å². The molecule has 3 nitrogen and oxygen atoms in total. The first-order chi connectivity index (χ1) is 10.7. The molecule has 0 radical (unpaired) electrons. The van der Waals surface area contributed by atoms with Crippen LogP contribution in [0.1, 0.15) is 50.2 Å². The van der Waals surface area contributed by atoms with E-state index in [0.717, 1.165) is 22.9 Å². The molecule has 3 rings (SSSR count). The van der Waals surface area contributed by atoms with E-state index < -0.39 is 0 Å². The lowest BCUT2D eigenvalue weighted by Gasteiger charge is -2.46. The predicted molar refractivity (Wildman–Crippen MR) is 98.6 cm³/mol. The number of carbonyl (C=O) groups excluding carboxylic acids is 1.